The van der Waals surface area contributed by atoms with Gasteiger partial charge in [0.2, 0.25) is 5.91 Å². The topological polar surface area (TPSA) is 102 Å². The van der Waals surface area contributed by atoms with E-state index in [4.69, 9.17) is 20.5 Å². The molecule has 7 rings (SSSR count). The molecule has 1 aromatic heterocycles. The molecule has 3 N–H and O–H groups in total. The maximum atomic E-state index is 12.7. The number of benzene rings is 2. The molecule has 2 bridgehead atoms. The van der Waals surface area contributed by atoms with Gasteiger partial charge in [0.15, 0.2) is 0 Å². The van der Waals surface area contributed by atoms with Gasteiger partial charge in [0.25, 0.3) is 0 Å². The molecule has 2 fully saturated rings. The van der Waals surface area contributed by atoms with E-state index in [0.29, 0.717) is 6.42 Å². The summed E-state index contributed by atoms with van der Waals surface area (Å²) < 4.78 is 0. The highest BCUT2D eigenvalue weighted by atomic mass is 16.6. The monoisotopic (exact) mass is 491 g/mol. The fourth-order valence-corrected chi connectivity index (χ4v) is 7.02. The van der Waals surface area contributed by atoms with Gasteiger partial charge in [-0.25, -0.2) is 9.97 Å². The molecule has 3 aromatic rings. The molecule has 186 valence electrons. The van der Waals surface area contributed by atoms with Gasteiger partial charge in [0, 0.05) is 30.4 Å². The van der Waals surface area contributed by atoms with Crippen molar-refractivity contribution in [2.75, 3.05) is 5.32 Å². The number of carbonyl (C=O) groups is 1. The van der Waals surface area contributed by atoms with Crippen molar-refractivity contribution in [3.63, 3.8) is 0 Å². The number of rotatable bonds is 6. The first-order valence-electron chi connectivity index (χ1n) is 13.0. The first-order chi connectivity index (χ1) is 18.1. The maximum Gasteiger partial charge on any atom is 0.223 e. The number of aromatic nitrogens is 2. The Morgan fingerprint density at radius 1 is 1.11 bits per heavy atom. The van der Waals surface area contributed by atoms with Crippen molar-refractivity contribution in [1.29, 1.82) is 0 Å². The quantitative estimate of drug-likeness (QED) is 0.545. The summed E-state index contributed by atoms with van der Waals surface area (Å²) in [5.41, 5.74) is 12.5. The van der Waals surface area contributed by atoms with Crippen molar-refractivity contribution in [3.05, 3.63) is 94.4 Å². The summed E-state index contributed by atoms with van der Waals surface area (Å²) in [4.78, 5) is 28.6. The highest BCUT2D eigenvalue weighted by Gasteiger charge is 2.64. The summed E-state index contributed by atoms with van der Waals surface area (Å²) in [7, 11) is 0. The lowest BCUT2D eigenvalue weighted by atomic mass is 9.73. The summed E-state index contributed by atoms with van der Waals surface area (Å²) in [6, 6.07) is 18.5. The second-order valence-corrected chi connectivity index (χ2v) is 10.7. The third-order valence-electron chi connectivity index (χ3n) is 8.49. The van der Waals surface area contributed by atoms with Gasteiger partial charge in [-0.2, -0.15) is 0 Å². The van der Waals surface area contributed by atoms with Crippen LogP contribution in [0.15, 0.2) is 65.8 Å². The zero-order chi connectivity index (χ0) is 25.1. The second kappa shape index (κ2) is 8.54. The summed E-state index contributed by atoms with van der Waals surface area (Å²) in [6.07, 6.45) is 6.41. The molecule has 6 unspecified atom stereocenters. The number of nitrogens with zero attached hydrogens (tertiary/aromatic N) is 3. The Morgan fingerprint density at radius 2 is 1.97 bits per heavy atom. The molecule has 0 spiro atoms. The number of hydrogen-bond donors (Lipinski definition) is 2. The van der Waals surface area contributed by atoms with Crippen LogP contribution < -0.4 is 11.1 Å². The zero-order valence-electron chi connectivity index (χ0n) is 20.7. The fraction of sp³-hybridized carbons (Fsp3) is 0.333. The Kier molecular flexibility index (Phi) is 5.13. The number of amides is 1. The Labute approximate surface area is 215 Å². The normalized spacial score (nSPS) is 28.5. The van der Waals surface area contributed by atoms with E-state index in [2.05, 4.69) is 65.9 Å². The average molecular weight is 492 g/mol. The first-order valence-corrected chi connectivity index (χ1v) is 13.0. The molecule has 6 atom stereocenters. The average Bonchev–Trinajstić information content (AvgIpc) is 3.66. The second-order valence-electron chi connectivity index (χ2n) is 10.7. The molecule has 4 aliphatic rings. The van der Waals surface area contributed by atoms with Crippen molar-refractivity contribution in [2.24, 2.45) is 34.6 Å². The van der Waals surface area contributed by atoms with Gasteiger partial charge in [-0.3, -0.25) is 4.79 Å². The summed E-state index contributed by atoms with van der Waals surface area (Å²) in [6.45, 7) is 2.09. The van der Waals surface area contributed by atoms with E-state index < -0.39 is 0 Å². The lowest BCUT2D eigenvalue weighted by Crippen LogP contribution is -2.51. The number of primary amides is 1. The predicted octanol–water partition coefficient (Wildman–Crippen LogP) is 3.90. The van der Waals surface area contributed by atoms with Crippen LogP contribution in [-0.4, -0.2) is 33.7 Å². The van der Waals surface area contributed by atoms with E-state index in [1.165, 1.54) is 11.1 Å². The summed E-state index contributed by atoms with van der Waals surface area (Å²) in [5.74, 6) is 1.27. The number of nitrogens with one attached hydrogen (secondary N) is 1. The van der Waals surface area contributed by atoms with Gasteiger partial charge in [-0.1, -0.05) is 77.5 Å². The van der Waals surface area contributed by atoms with Crippen molar-refractivity contribution in [2.45, 2.75) is 38.3 Å². The van der Waals surface area contributed by atoms with Crippen molar-refractivity contribution >= 4 is 23.5 Å². The van der Waals surface area contributed by atoms with Crippen molar-refractivity contribution in [1.82, 2.24) is 9.97 Å². The molecule has 7 heteroatoms. The standard InChI is InChI=1S/C30H29N5O2/c1-16-7-5-8-17(13-16)14-23-32-22-12-6-11-19(22)30(33-23)34-27-20-15-21(25(27)29(31)36)28-24(20)26(35-37-28)18-9-3-2-4-10-18/h2-11,13,20-21,24-25,27-28H,12,14-15H2,1H3,(H2,31,36)(H,32,33,34). The molecule has 7 nitrogen and oxygen atoms in total. The Bertz CT molecular complexity index is 1450. The van der Waals surface area contributed by atoms with Gasteiger partial charge in [-0.15, -0.1) is 0 Å². The van der Waals surface area contributed by atoms with Crippen molar-refractivity contribution in [3.8, 4) is 0 Å². The number of carbonyl (C=O) groups excluding carboxylic acids is 1. The largest absolute Gasteiger partial charge is 0.391 e. The number of fused-ring (bicyclic) bond motifs is 6. The Hall–Kier alpha value is -4.00. The lowest BCUT2D eigenvalue weighted by Gasteiger charge is -2.36. The van der Waals surface area contributed by atoms with Crippen LogP contribution in [0.4, 0.5) is 5.82 Å². The predicted molar refractivity (Wildman–Crippen MR) is 142 cm³/mol. The van der Waals surface area contributed by atoms with Gasteiger partial charge in [-0.05, 0) is 30.4 Å². The molecule has 0 saturated heterocycles. The number of aryl methyl sites for hydroxylation is 1. The minimum absolute atomic E-state index is 0.0344. The minimum atomic E-state index is -0.340. The van der Waals surface area contributed by atoms with Gasteiger partial charge < -0.3 is 15.9 Å². The maximum absolute atomic E-state index is 12.7. The molecule has 2 heterocycles. The van der Waals surface area contributed by atoms with E-state index in [1.54, 1.807) is 0 Å². The number of anilines is 1. The molecule has 2 saturated carbocycles. The number of oxime groups is 1. The van der Waals surface area contributed by atoms with Crippen LogP contribution in [0.1, 0.15) is 40.2 Å². The van der Waals surface area contributed by atoms with Gasteiger partial charge in [0.1, 0.15) is 17.7 Å². The molecule has 2 aromatic carbocycles. The number of nitrogens with two attached hydrogens (primary N) is 1. The summed E-state index contributed by atoms with van der Waals surface area (Å²) in [5, 5.41) is 8.20. The molecule has 0 radical (unpaired) electrons. The number of hydrogen-bond acceptors (Lipinski definition) is 6. The van der Waals surface area contributed by atoms with Gasteiger partial charge >= 0.3 is 0 Å². The third-order valence-corrected chi connectivity index (χ3v) is 8.49. The molecular weight excluding hydrogens is 462 g/mol. The first kappa shape index (κ1) is 22.2. The molecule has 3 aliphatic carbocycles. The lowest BCUT2D eigenvalue weighted by molar-refractivity contribution is -0.126. The van der Waals surface area contributed by atoms with E-state index in [9.17, 15) is 4.79 Å². The molecule has 1 aliphatic heterocycles. The van der Waals surface area contributed by atoms with Crippen LogP contribution in [0, 0.1) is 30.6 Å². The van der Waals surface area contributed by atoms with Crippen molar-refractivity contribution < 1.29 is 9.63 Å². The van der Waals surface area contributed by atoms with Crippen LogP contribution in [0.5, 0.6) is 0 Å². The highest BCUT2D eigenvalue weighted by Crippen LogP contribution is 2.56. The van der Waals surface area contributed by atoms with Crippen LogP contribution in [-0.2, 0) is 22.5 Å². The van der Waals surface area contributed by atoms with Crippen LogP contribution in [0.2, 0.25) is 0 Å². The van der Waals surface area contributed by atoms with Gasteiger partial charge in [0.05, 0.1) is 23.2 Å². The van der Waals surface area contributed by atoms with E-state index in [0.717, 1.165) is 47.0 Å². The smallest absolute Gasteiger partial charge is 0.223 e. The Morgan fingerprint density at radius 3 is 2.78 bits per heavy atom. The van der Waals surface area contributed by atoms with E-state index in [1.807, 2.05) is 18.2 Å². The number of allylic oxidation sites excluding steroid dienone is 1. The third kappa shape index (κ3) is 3.64. The van der Waals surface area contributed by atoms with Crippen LogP contribution >= 0.6 is 0 Å². The highest BCUT2D eigenvalue weighted by molar-refractivity contribution is 6.04. The van der Waals surface area contributed by atoms with Crippen LogP contribution in [0.25, 0.3) is 6.08 Å². The van der Waals surface area contributed by atoms with E-state index >= 15 is 0 Å². The molecular formula is C30H29N5O2. The van der Waals surface area contributed by atoms with E-state index in [-0.39, 0.29) is 41.7 Å². The zero-order valence-corrected chi connectivity index (χ0v) is 20.7. The Balaban J connectivity index is 1.23. The molecule has 1 amide bonds. The minimum Gasteiger partial charge on any atom is -0.391 e. The fourth-order valence-electron chi connectivity index (χ4n) is 7.02. The summed E-state index contributed by atoms with van der Waals surface area (Å²) >= 11 is 0. The SMILES string of the molecule is Cc1cccc(Cc2nc3c(c(NC4C5CC(C6ON=C(c7ccccc7)C56)C4C(N)=O)n2)C=CC3)c1. The molecule has 37 heavy (non-hydrogen) atoms. The van der Waals surface area contributed by atoms with Crippen LogP contribution in [0.3, 0.4) is 0 Å².